The van der Waals surface area contributed by atoms with Gasteiger partial charge < -0.3 is 9.47 Å². The summed E-state index contributed by atoms with van der Waals surface area (Å²) >= 11 is 1.13. The molecule has 3 aromatic rings. The first-order chi connectivity index (χ1) is 17.9. The van der Waals surface area contributed by atoms with Crippen LogP contribution < -0.4 is 9.64 Å². The molecule has 4 rings (SSSR count). The molecule has 1 fully saturated rings. The second-order valence-electron chi connectivity index (χ2n) is 8.82. The molecule has 1 aromatic heterocycles. The topological polar surface area (TPSA) is 54.9 Å². The number of thiazole rings is 1. The van der Waals surface area contributed by atoms with Gasteiger partial charge in [0.25, 0.3) is 5.91 Å². The van der Waals surface area contributed by atoms with E-state index in [4.69, 9.17) is 9.47 Å². The van der Waals surface area contributed by atoms with E-state index in [1.54, 1.807) is 12.1 Å². The van der Waals surface area contributed by atoms with E-state index in [1.807, 2.05) is 6.92 Å². The zero-order valence-electron chi connectivity index (χ0n) is 21.0. The van der Waals surface area contributed by atoms with Crippen molar-refractivity contribution in [2.45, 2.75) is 25.7 Å². The number of halogens is 7. The number of hydrogen-bond donors (Lipinski definition) is 0. The van der Waals surface area contributed by atoms with E-state index in [0.717, 1.165) is 21.8 Å². The number of aryl methyl sites for hydroxylation is 1. The molecule has 0 radical (unpaired) electrons. The molecular formula is C25H26ClF6N3O3S. The third kappa shape index (κ3) is 7.13. The summed E-state index contributed by atoms with van der Waals surface area (Å²) < 4.78 is 92.2. The molecule has 1 saturated heterocycles. The van der Waals surface area contributed by atoms with Gasteiger partial charge in [-0.1, -0.05) is 17.4 Å². The van der Waals surface area contributed by atoms with Crippen LogP contribution in [0.4, 0.5) is 31.5 Å². The summed E-state index contributed by atoms with van der Waals surface area (Å²) in [6.07, 6.45) is -9.72. The van der Waals surface area contributed by atoms with Gasteiger partial charge in [0.05, 0.1) is 36.2 Å². The summed E-state index contributed by atoms with van der Waals surface area (Å²) in [4.78, 5) is 21.4. The predicted molar refractivity (Wildman–Crippen MR) is 138 cm³/mol. The van der Waals surface area contributed by atoms with E-state index in [0.29, 0.717) is 67.4 Å². The van der Waals surface area contributed by atoms with E-state index in [2.05, 4.69) is 9.88 Å². The van der Waals surface area contributed by atoms with Crippen LogP contribution >= 0.6 is 23.7 Å². The smallest absolute Gasteiger partial charge is 0.416 e. The van der Waals surface area contributed by atoms with Gasteiger partial charge in [-0.3, -0.25) is 14.6 Å². The van der Waals surface area contributed by atoms with Crippen LogP contribution in [0.5, 0.6) is 5.75 Å². The highest BCUT2D eigenvalue weighted by Gasteiger charge is 2.38. The lowest BCUT2D eigenvalue weighted by Gasteiger charge is -2.28. The lowest BCUT2D eigenvalue weighted by atomic mass is 10.0. The number of methoxy groups -OCH3 is 1. The Morgan fingerprint density at radius 3 is 2.26 bits per heavy atom. The van der Waals surface area contributed by atoms with Gasteiger partial charge in [-0.25, -0.2) is 4.98 Å². The number of amides is 1. The van der Waals surface area contributed by atoms with Gasteiger partial charge in [-0.15, -0.1) is 12.4 Å². The van der Waals surface area contributed by atoms with Gasteiger partial charge in [0, 0.05) is 31.7 Å². The summed E-state index contributed by atoms with van der Waals surface area (Å²) in [5.41, 5.74) is -2.53. The molecule has 1 aliphatic heterocycles. The first-order valence-corrected chi connectivity index (χ1v) is 12.6. The predicted octanol–water partition coefficient (Wildman–Crippen LogP) is 6.44. The Bertz CT molecular complexity index is 1280. The van der Waals surface area contributed by atoms with Crippen molar-refractivity contribution in [2.75, 3.05) is 51.4 Å². The minimum Gasteiger partial charge on any atom is -0.494 e. The number of morpholine rings is 1. The number of carbonyl (C=O) groups excluding carboxylic acids is 1. The quantitative estimate of drug-likeness (QED) is 0.293. The molecule has 0 aliphatic carbocycles. The van der Waals surface area contributed by atoms with Gasteiger partial charge in [0.15, 0.2) is 5.13 Å². The Labute approximate surface area is 230 Å². The van der Waals surface area contributed by atoms with E-state index < -0.39 is 35.0 Å². The van der Waals surface area contributed by atoms with E-state index in [1.165, 1.54) is 7.11 Å². The zero-order valence-corrected chi connectivity index (χ0v) is 22.6. The zero-order chi connectivity index (χ0) is 27.7. The Kier molecular flexibility index (Phi) is 9.73. The van der Waals surface area contributed by atoms with Crippen molar-refractivity contribution in [1.29, 1.82) is 0 Å². The third-order valence-corrected chi connectivity index (χ3v) is 7.40. The SMILES string of the molecule is COc1ccc(C)c2sc(N(CCCN3CCOCC3)C(=O)c3cc(C(F)(F)F)cc(C(F)(F)F)c3)nc12.Cl. The number of benzene rings is 2. The highest BCUT2D eigenvalue weighted by Crippen LogP contribution is 2.39. The fourth-order valence-corrected chi connectivity index (χ4v) is 5.25. The molecule has 0 spiro atoms. The number of hydrogen-bond acceptors (Lipinski definition) is 6. The van der Waals surface area contributed by atoms with E-state index in [-0.39, 0.29) is 30.1 Å². The van der Waals surface area contributed by atoms with E-state index >= 15 is 0 Å². The fourth-order valence-electron chi connectivity index (χ4n) is 4.17. The van der Waals surface area contributed by atoms with Crippen LogP contribution in [0.25, 0.3) is 10.2 Å². The van der Waals surface area contributed by atoms with Gasteiger partial charge in [0.1, 0.15) is 11.3 Å². The lowest BCUT2D eigenvalue weighted by Crippen LogP contribution is -2.39. The van der Waals surface area contributed by atoms with E-state index in [9.17, 15) is 31.1 Å². The number of aromatic nitrogens is 1. The number of alkyl halides is 6. The van der Waals surface area contributed by atoms with Crippen LogP contribution in [0.1, 0.15) is 33.5 Å². The van der Waals surface area contributed by atoms with Gasteiger partial charge in [-0.2, -0.15) is 26.3 Å². The normalized spacial score (nSPS) is 14.8. The fraction of sp³-hybridized carbons (Fsp3) is 0.440. The maximum atomic E-state index is 13.6. The van der Waals surface area contributed by atoms with Crippen molar-refractivity contribution in [1.82, 2.24) is 9.88 Å². The molecule has 0 saturated carbocycles. The van der Waals surface area contributed by atoms with Crippen molar-refractivity contribution in [3.63, 3.8) is 0 Å². The number of ether oxygens (including phenoxy) is 2. The van der Waals surface area contributed by atoms with Crippen LogP contribution in [0.15, 0.2) is 30.3 Å². The summed E-state index contributed by atoms with van der Waals surface area (Å²) in [7, 11) is 1.45. The second-order valence-corrected chi connectivity index (χ2v) is 9.80. The third-order valence-electron chi connectivity index (χ3n) is 6.18. The highest BCUT2D eigenvalue weighted by atomic mass is 35.5. The second kappa shape index (κ2) is 12.3. The molecule has 214 valence electrons. The first-order valence-electron chi connectivity index (χ1n) is 11.7. The molecule has 0 N–H and O–H groups in total. The minimum absolute atomic E-state index is 0. The average molecular weight is 598 g/mol. The number of carbonyl (C=O) groups is 1. The summed E-state index contributed by atoms with van der Waals surface area (Å²) in [6.45, 7) is 4.93. The molecule has 39 heavy (non-hydrogen) atoms. The molecule has 0 unspecified atom stereocenters. The number of anilines is 1. The molecule has 2 aromatic carbocycles. The lowest BCUT2D eigenvalue weighted by molar-refractivity contribution is -0.143. The maximum absolute atomic E-state index is 13.6. The van der Waals surface area contributed by atoms with Crippen molar-refractivity contribution in [3.8, 4) is 5.75 Å². The molecule has 1 aliphatic rings. The van der Waals surface area contributed by atoms with Crippen molar-refractivity contribution in [3.05, 3.63) is 52.6 Å². The van der Waals surface area contributed by atoms with Crippen molar-refractivity contribution < 1.29 is 40.6 Å². The standard InChI is InChI=1S/C25H25F6N3O3S.ClH/c1-15-4-5-19(36-2)20-21(15)38-23(32-20)34(7-3-6-33-8-10-37-11-9-33)22(35)16-12-17(24(26,27)28)14-18(13-16)25(29,30)31;/h4-5,12-14H,3,6-11H2,1-2H3;1H. The van der Waals surface area contributed by atoms with Crippen LogP contribution in [0, 0.1) is 6.92 Å². The molecule has 0 bridgehead atoms. The Morgan fingerprint density at radius 1 is 1.08 bits per heavy atom. The first kappa shape index (κ1) is 30.9. The number of fused-ring (bicyclic) bond motifs is 1. The molecular weight excluding hydrogens is 572 g/mol. The van der Waals surface area contributed by atoms with Crippen molar-refractivity contribution >= 4 is 45.0 Å². The minimum atomic E-state index is -5.07. The largest absolute Gasteiger partial charge is 0.494 e. The van der Waals surface area contributed by atoms with Gasteiger partial charge in [0.2, 0.25) is 0 Å². The molecule has 1 amide bonds. The Balaban J connectivity index is 0.00000420. The van der Waals surface area contributed by atoms with Gasteiger partial charge >= 0.3 is 12.4 Å². The van der Waals surface area contributed by atoms with Gasteiger partial charge in [-0.05, 0) is 43.2 Å². The monoisotopic (exact) mass is 597 g/mol. The van der Waals surface area contributed by atoms with Crippen LogP contribution in [-0.4, -0.2) is 62.3 Å². The van der Waals surface area contributed by atoms with Crippen LogP contribution in [0.2, 0.25) is 0 Å². The summed E-state index contributed by atoms with van der Waals surface area (Å²) in [6, 6.07) is 4.41. The number of rotatable bonds is 7. The average Bonchev–Trinajstić information content (AvgIpc) is 3.32. The molecule has 0 atom stereocenters. The van der Waals surface area contributed by atoms with Crippen LogP contribution in [-0.2, 0) is 17.1 Å². The summed E-state index contributed by atoms with van der Waals surface area (Å²) in [5, 5.41) is 0.158. The Morgan fingerprint density at radius 2 is 1.69 bits per heavy atom. The maximum Gasteiger partial charge on any atom is 0.416 e. The number of nitrogens with zero attached hydrogens (tertiary/aromatic N) is 3. The van der Waals surface area contributed by atoms with Crippen LogP contribution in [0.3, 0.4) is 0 Å². The molecule has 14 heteroatoms. The highest BCUT2D eigenvalue weighted by molar-refractivity contribution is 7.22. The summed E-state index contributed by atoms with van der Waals surface area (Å²) in [5.74, 6) is -0.563. The van der Waals surface area contributed by atoms with Crippen molar-refractivity contribution in [2.24, 2.45) is 0 Å². The Hall–Kier alpha value is -2.61. The molecule has 2 heterocycles. The molecule has 6 nitrogen and oxygen atoms in total.